The minimum atomic E-state index is -0.169. The summed E-state index contributed by atoms with van der Waals surface area (Å²) in [6.07, 6.45) is 1.21. The van der Waals surface area contributed by atoms with E-state index in [4.69, 9.17) is 11.6 Å². The Hall–Kier alpha value is -2.59. The van der Waals surface area contributed by atoms with Crippen LogP contribution in [0.25, 0.3) is 10.9 Å². The zero-order chi connectivity index (χ0) is 18.7. The Kier molecular flexibility index (Phi) is 5.43. The Balaban J connectivity index is 2.01. The first kappa shape index (κ1) is 18.2. The maximum absolute atomic E-state index is 13.0. The fraction of sp³-hybridized carbons (Fsp3) is 0.238. The minimum absolute atomic E-state index is 0.100. The van der Waals surface area contributed by atoms with Crippen LogP contribution in [-0.4, -0.2) is 16.7 Å². The van der Waals surface area contributed by atoms with Crippen molar-refractivity contribution in [3.8, 4) is 0 Å². The Bertz CT molecular complexity index is 945. The van der Waals surface area contributed by atoms with Gasteiger partial charge < -0.3 is 10.3 Å². The SMILES string of the molecule is CC(C)CCC(=O)Nc1c(C(=O)c2ccccc2)[nH]c2cc(Cl)ccc12. The molecule has 0 atom stereocenters. The summed E-state index contributed by atoms with van der Waals surface area (Å²) < 4.78 is 0. The summed E-state index contributed by atoms with van der Waals surface area (Å²) in [7, 11) is 0. The monoisotopic (exact) mass is 368 g/mol. The highest BCUT2D eigenvalue weighted by atomic mass is 35.5. The van der Waals surface area contributed by atoms with Crippen LogP contribution in [0.3, 0.4) is 0 Å². The highest BCUT2D eigenvalue weighted by Crippen LogP contribution is 2.31. The number of aromatic amines is 1. The van der Waals surface area contributed by atoms with Crippen LogP contribution >= 0.6 is 11.6 Å². The number of aromatic nitrogens is 1. The molecule has 3 aromatic rings. The summed E-state index contributed by atoms with van der Waals surface area (Å²) >= 11 is 6.07. The van der Waals surface area contributed by atoms with E-state index < -0.39 is 0 Å². The van der Waals surface area contributed by atoms with Crippen molar-refractivity contribution in [1.82, 2.24) is 4.98 Å². The Labute approximate surface area is 157 Å². The molecule has 2 N–H and O–H groups in total. The van der Waals surface area contributed by atoms with Crippen LogP contribution in [-0.2, 0) is 4.79 Å². The second kappa shape index (κ2) is 7.75. The summed E-state index contributed by atoms with van der Waals surface area (Å²) in [5.41, 5.74) is 2.16. The van der Waals surface area contributed by atoms with Crippen molar-refractivity contribution < 1.29 is 9.59 Å². The lowest BCUT2D eigenvalue weighted by Crippen LogP contribution is -2.15. The lowest BCUT2D eigenvalue weighted by Gasteiger charge is -2.08. The quantitative estimate of drug-likeness (QED) is 0.570. The second-order valence-electron chi connectivity index (χ2n) is 6.74. The third-order valence-electron chi connectivity index (χ3n) is 4.24. The first-order valence-corrected chi connectivity index (χ1v) is 9.04. The molecule has 0 radical (unpaired) electrons. The molecule has 0 saturated carbocycles. The molecule has 0 aliphatic heterocycles. The molecule has 0 aliphatic rings. The highest BCUT2D eigenvalue weighted by Gasteiger charge is 2.21. The van der Waals surface area contributed by atoms with E-state index in [1.165, 1.54) is 0 Å². The normalized spacial score (nSPS) is 11.1. The summed E-state index contributed by atoms with van der Waals surface area (Å²) in [5, 5.41) is 4.26. The summed E-state index contributed by atoms with van der Waals surface area (Å²) in [6.45, 7) is 4.15. The van der Waals surface area contributed by atoms with Gasteiger partial charge in [0.1, 0.15) is 5.69 Å². The predicted molar refractivity (Wildman–Crippen MR) is 106 cm³/mol. The van der Waals surface area contributed by atoms with Crippen molar-refractivity contribution in [3.05, 3.63) is 64.8 Å². The van der Waals surface area contributed by atoms with E-state index in [2.05, 4.69) is 24.1 Å². The number of anilines is 1. The molecule has 3 rings (SSSR count). The number of halogens is 1. The molecule has 1 heterocycles. The van der Waals surface area contributed by atoms with Gasteiger partial charge in [0.25, 0.3) is 0 Å². The fourth-order valence-electron chi connectivity index (χ4n) is 2.83. The van der Waals surface area contributed by atoms with E-state index in [0.717, 1.165) is 17.3 Å². The Morgan fingerprint density at radius 1 is 1.12 bits per heavy atom. The van der Waals surface area contributed by atoms with E-state index in [9.17, 15) is 9.59 Å². The van der Waals surface area contributed by atoms with Crippen molar-refractivity contribution in [2.24, 2.45) is 5.92 Å². The average Bonchev–Trinajstić information content (AvgIpc) is 2.97. The number of hydrogen-bond acceptors (Lipinski definition) is 2. The highest BCUT2D eigenvalue weighted by molar-refractivity contribution is 6.31. The van der Waals surface area contributed by atoms with Crippen LogP contribution in [0.2, 0.25) is 5.02 Å². The van der Waals surface area contributed by atoms with Crippen LogP contribution in [0.5, 0.6) is 0 Å². The number of carbonyl (C=O) groups excluding carboxylic acids is 2. The number of rotatable bonds is 6. The first-order chi connectivity index (χ1) is 12.5. The molecule has 2 aromatic carbocycles. The third kappa shape index (κ3) is 3.97. The molecule has 0 bridgehead atoms. The van der Waals surface area contributed by atoms with Crippen molar-refractivity contribution in [3.63, 3.8) is 0 Å². The molecule has 134 valence electrons. The summed E-state index contributed by atoms with van der Waals surface area (Å²) in [4.78, 5) is 28.5. The maximum atomic E-state index is 13.0. The van der Waals surface area contributed by atoms with Gasteiger partial charge >= 0.3 is 0 Å². The summed E-state index contributed by atoms with van der Waals surface area (Å²) in [6, 6.07) is 14.3. The first-order valence-electron chi connectivity index (χ1n) is 8.66. The van der Waals surface area contributed by atoms with Crippen LogP contribution in [0.1, 0.15) is 42.7 Å². The topological polar surface area (TPSA) is 62.0 Å². The number of amides is 1. The van der Waals surface area contributed by atoms with Gasteiger partial charge in [0, 0.05) is 27.9 Å². The molecule has 0 fully saturated rings. The van der Waals surface area contributed by atoms with E-state index in [0.29, 0.717) is 34.3 Å². The lowest BCUT2D eigenvalue weighted by molar-refractivity contribution is -0.116. The Morgan fingerprint density at radius 2 is 1.85 bits per heavy atom. The van der Waals surface area contributed by atoms with E-state index in [-0.39, 0.29) is 11.7 Å². The molecule has 0 aliphatic carbocycles. The predicted octanol–water partition coefficient (Wildman–Crippen LogP) is 5.43. The number of ketones is 1. The van der Waals surface area contributed by atoms with Gasteiger partial charge in [-0.05, 0) is 30.5 Å². The van der Waals surface area contributed by atoms with Crippen molar-refractivity contribution in [2.75, 3.05) is 5.32 Å². The molecule has 5 heteroatoms. The molecule has 4 nitrogen and oxygen atoms in total. The molecule has 1 amide bonds. The van der Waals surface area contributed by atoms with Crippen molar-refractivity contribution in [1.29, 1.82) is 0 Å². The largest absolute Gasteiger partial charge is 0.350 e. The van der Waals surface area contributed by atoms with Gasteiger partial charge in [-0.3, -0.25) is 9.59 Å². The number of H-pyrrole nitrogens is 1. The van der Waals surface area contributed by atoms with E-state index >= 15 is 0 Å². The van der Waals surface area contributed by atoms with Gasteiger partial charge in [-0.1, -0.05) is 55.8 Å². The molecular weight excluding hydrogens is 348 g/mol. The molecule has 0 unspecified atom stereocenters. The third-order valence-corrected chi connectivity index (χ3v) is 4.47. The number of benzene rings is 2. The smallest absolute Gasteiger partial charge is 0.224 e. The standard InChI is InChI=1S/C21H21ClN2O2/c1-13(2)8-11-18(25)24-19-16-10-9-15(22)12-17(16)23-20(19)21(26)14-6-4-3-5-7-14/h3-7,9-10,12-13,23H,8,11H2,1-2H3,(H,24,25). The van der Waals surface area contributed by atoms with Gasteiger partial charge in [-0.2, -0.15) is 0 Å². The zero-order valence-corrected chi connectivity index (χ0v) is 15.6. The molecular formula is C21H21ClN2O2. The van der Waals surface area contributed by atoms with Gasteiger partial charge in [0.05, 0.1) is 5.69 Å². The maximum Gasteiger partial charge on any atom is 0.224 e. The van der Waals surface area contributed by atoms with Crippen LogP contribution in [0.4, 0.5) is 5.69 Å². The Morgan fingerprint density at radius 3 is 2.54 bits per heavy atom. The number of nitrogens with one attached hydrogen (secondary N) is 2. The number of hydrogen-bond donors (Lipinski definition) is 2. The van der Waals surface area contributed by atoms with Gasteiger partial charge in [0.2, 0.25) is 11.7 Å². The second-order valence-corrected chi connectivity index (χ2v) is 7.18. The average molecular weight is 369 g/mol. The van der Waals surface area contributed by atoms with Gasteiger partial charge in [0.15, 0.2) is 0 Å². The van der Waals surface area contributed by atoms with E-state index in [1.54, 1.807) is 24.3 Å². The number of fused-ring (bicyclic) bond motifs is 1. The molecule has 26 heavy (non-hydrogen) atoms. The molecule has 0 saturated heterocycles. The fourth-order valence-corrected chi connectivity index (χ4v) is 3.00. The van der Waals surface area contributed by atoms with Crippen molar-refractivity contribution in [2.45, 2.75) is 26.7 Å². The van der Waals surface area contributed by atoms with Gasteiger partial charge in [-0.15, -0.1) is 0 Å². The minimum Gasteiger partial charge on any atom is -0.350 e. The van der Waals surface area contributed by atoms with Crippen molar-refractivity contribution >= 4 is 39.9 Å². The molecule has 1 aromatic heterocycles. The van der Waals surface area contributed by atoms with Crippen LogP contribution in [0.15, 0.2) is 48.5 Å². The van der Waals surface area contributed by atoms with E-state index in [1.807, 2.05) is 24.3 Å². The summed E-state index contributed by atoms with van der Waals surface area (Å²) in [5.74, 6) is 0.168. The van der Waals surface area contributed by atoms with Crippen LogP contribution in [0, 0.1) is 5.92 Å². The zero-order valence-electron chi connectivity index (χ0n) is 14.8. The van der Waals surface area contributed by atoms with Gasteiger partial charge in [-0.25, -0.2) is 0 Å². The number of carbonyl (C=O) groups is 2. The van der Waals surface area contributed by atoms with Crippen LogP contribution < -0.4 is 5.32 Å². The lowest BCUT2D eigenvalue weighted by atomic mass is 10.1. The molecule has 0 spiro atoms.